The predicted octanol–water partition coefficient (Wildman–Crippen LogP) is 1.17. The van der Waals surface area contributed by atoms with Crippen molar-refractivity contribution in [1.82, 2.24) is 20.0 Å². The maximum atomic E-state index is 11.8. The third-order valence-electron chi connectivity index (χ3n) is 3.46. The normalized spacial score (nSPS) is 18.1. The van der Waals surface area contributed by atoms with E-state index in [-0.39, 0.29) is 5.91 Å². The van der Waals surface area contributed by atoms with Crippen LogP contribution in [0.2, 0.25) is 0 Å². The zero-order valence-corrected chi connectivity index (χ0v) is 10.8. The van der Waals surface area contributed by atoms with Gasteiger partial charge < -0.3 is 14.4 Å². The number of nitrogens with zero attached hydrogens (tertiary/aromatic N) is 3. The van der Waals surface area contributed by atoms with Crippen molar-refractivity contribution in [2.45, 2.75) is 26.3 Å². The fraction of sp³-hybridized carbons (Fsp3) is 0.462. The Morgan fingerprint density at radius 1 is 1.63 bits per heavy atom. The zero-order chi connectivity index (χ0) is 13.2. The molecule has 0 saturated carbocycles. The first-order valence-electron chi connectivity index (χ1n) is 6.44. The molecule has 0 saturated heterocycles. The maximum Gasteiger partial charge on any atom is 0.273 e. The highest BCUT2D eigenvalue weighted by atomic mass is 16.5. The summed E-state index contributed by atoms with van der Waals surface area (Å²) in [4.78, 5) is 16.2. The molecule has 0 fully saturated rings. The van der Waals surface area contributed by atoms with E-state index >= 15 is 0 Å². The number of amides is 1. The van der Waals surface area contributed by atoms with E-state index < -0.39 is 0 Å². The maximum absolute atomic E-state index is 11.8. The van der Waals surface area contributed by atoms with E-state index in [0.717, 1.165) is 25.2 Å². The summed E-state index contributed by atoms with van der Waals surface area (Å²) in [5, 5.41) is 6.61. The topological polar surface area (TPSA) is 73.0 Å². The minimum Gasteiger partial charge on any atom is -0.361 e. The van der Waals surface area contributed by atoms with Gasteiger partial charge in [-0.1, -0.05) is 5.16 Å². The Bertz CT molecular complexity index is 587. The number of fused-ring (bicyclic) bond motifs is 1. The van der Waals surface area contributed by atoms with E-state index in [4.69, 9.17) is 4.52 Å². The highest BCUT2D eigenvalue weighted by Gasteiger charge is 2.20. The van der Waals surface area contributed by atoms with Crippen molar-refractivity contribution in [3.8, 4) is 0 Å². The van der Waals surface area contributed by atoms with Crippen LogP contribution in [0.15, 0.2) is 23.0 Å². The molecule has 6 heteroatoms. The van der Waals surface area contributed by atoms with E-state index in [1.165, 1.54) is 0 Å². The Labute approximate surface area is 110 Å². The Morgan fingerprint density at radius 3 is 3.32 bits per heavy atom. The molecule has 2 aromatic heterocycles. The van der Waals surface area contributed by atoms with Crippen molar-refractivity contribution < 1.29 is 9.32 Å². The van der Waals surface area contributed by atoms with Crippen molar-refractivity contribution in [3.63, 3.8) is 0 Å². The Morgan fingerprint density at radius 2 is 2.53 bits per heavy atom. The monoisotopic (exact) mass is 260 g/mol. The number of hydrogen-bond acceptors (Lipinski definition) is 4. The average molecular weight is 260 g/mol. The smallest absolute Gasteiger partial charge is 0.273 e. The first-order chi connectivity index (χ1) is 9.22. The number of aromatic nitrogens is 3. The predicted molar refractivity (Wildman–Crippen MR) is 67.6 cm³/mol. The van der Waals surface area contributed by atoms with Gasteiger partial charge in [-0.05, 0) is 19.3 Å². The van der Waals surface area contributed by atoms with Gasteiger partial charge in [0.25, 0.3) is 5.91 Å². The second-order valence-electron chi connectivity index (χ2n) is 4.93. The summed E-state index contributed by atoms with van der Waals surface area (Å²) in [5.41, 5.74) is 0.342. The van der Waals surface area contributed by atoms with Gasteiger partial charge in [-0.15, -0.1) is 0 Å². The van der Waals surface area contributed by atoms with Crippen molar-refractivity contribution in [3.05, 3.63) is 35.7 Å². The largest absolute Gasteiger partial charge is 0.361 e. The molecule has 2 aromatic rings. The lowest BCUT2D eigenvalue weighted by Crippen LogP contribution is -2.33. The number of rotatable bonds is 3. The summed E-state index contributed by atoms with van der Waals surface area (Å²) in [6, 6.07) is 1.64. The first kappa shape index (κ1) is 12.0. The van der Waals surface area contributed by atoms with Crippen LogP contribution < -0.4 is 5.32 Å². The van der Waals surface area contributed by atoms with Crippen LogP contribution in [0, 0.1) is 12.8 Å². The molecule has 3 heterocycles. The summed E-state index contributed by atoms with van der Waals surface area (Å²) in [5.74, 6) is 2.00. The highest BCUT2D eigenvalue weighted by Crippen LogP contribution is 2.18. The van der Waals surface area contributed by atoms with Crippen LogP contribution in [0.5, 0.6) is 0 Å². The third-order valence-corrected chi connectivity index (χ3v) is 3.46. The fourth-order valence-corrected chi connectivity index (χ4v) is 2.39. The van der Waals surface area contributed by atoms with Gasteiger partial charge in [0.2, 0.25) is 0 Å². The zero-order valence-electron chi connectivity index (χ0n) is 10.8. The minimum absolute atomic E-state index is 0.175. The molecule has 100 valence electrons. The Hall–Kier alpha value is -2.11. The van der Waals surface area contributed by atoms with E-state index in [9.17, 15) is 4.79 Å². The third kappa shape index (κ3) is 2.52. The number of nitrogens with one attached hydrogen (secondary N) is 1. The van der Waals surface area contributed by atoms with Gasteiger partial charge >= 0.3 is 0 Å². The second kappa shape index (κ2) is 4.87. The summed E-state index contributed by atoms with van der Waals surface area (Å²) in [6.07, 6.45) is 5.80. The van der Waals surface area contributed by atoms with Gasteiger partial charge in [0.05, 0.1) is 0 Å². The molecule has 3 rings (SSSR count). The number of aryl methyl sites for hydroxylation is 2. The lowest BCUT2D eigenvalue weighted by molar-refractivity contribution is 0.0935. The summed E-state index contributed by atoms with van der Waals surface area (Å²) >= 11 is 0. The molecule has 0 aromatic carbocycles. The van der Waals surface area contributed by atoms with Crippen LogP contribution in [-0.4, -0.2) is 27.2 Å². The van der Waals surface area contributed by atoms with Gasteiger partial charge in [-0.3, -0.25) is 4.79 Å². The van der Waals surface area contributed by atoms with Crippen LogP contribution in [0.4, 0.5) is 0 Å². The Balaban J connectivity index is 1.55. The molecular weight excluding hydrogens is 244 g/mol. The molecule has 0 spiro atoms. The van der Waals surface area contributed by atoms with Gasteiger partial charge in [0.15, 0.2) is 5.69 Å². The fourth-order valence-electron chi connectivity index (χ4n) is 2.39. The number of imidazole rings is 1. The van der Waals surface area contributed by atoms with Crippen LogP contribution in [0.25, 0.3) is 0 Å². The standard InChI is InChI=1S/C13H16N4O2/c1-9-6-11(16-19-9)13(18)15-8-10-2-4-17-5-3-14-12(17)7-10/h3,5-6,10H,2,4,7-8H2,1H3,(H,15,18)/t10-/m0/s1. The summed E-state index contributed by atoms with van der Waals surface area (Å²) < 4.78 is 7.06. The van der Waals surface area contributed by atoms with Crippen molar-refractivity contribution in [2.24, 2.45) is 5.92 Å². The van der Waals surface area contributed by atoms with Gasteiger partial charge in [0.1, 0.15) is 11.6 Å². The van der Waals surface area contributed by atoms with Crippen LogP contribution in [-0.2, 0) is 13.0 Å². The number of carbonyl (C=O) groups is 1. The van der Waals surface area contributed by atoms with E-state index in [1.54, 1.807) is 13.0 Å². The molecule has 19 heavy (non-hydrogen) atoms. The van der Waals surface area contributed by atoms with Crippen LogP contribution in [0.1, 0.15) is 28.5 Å². The molecule has 0 aliphatic carbocycles. The SMILES string of the molecule is Cc1cc(C(=O)NC[C@H]2CCn3ccnc3C2)no1. The van der Waals surface area contributed by atoms with E-state index in [1.807, 2.05) is 12.4 Å². The van der Waals surface area contributed by atoms with Gasteiger partial charge in [0, 0.05) is 38.0 Å². The molecule has 0 unspecified atom stereocenters. The average Bonchev–Trinajstić information content (AvgIpc) is 3.03. The molecule has 1 N–H and O–H groups in total. The molecule has 1 aliphatic rings. The molecule has 6 nitrogen and oxygen atoms in total. The minimum atomic E-state index is -0.175. The first-order valence-corrected chi connectivity index (χ1v) is 6.44. The number of carbonyl (C=O) groups excluding carboxylic acids is 1. The lowest BCUT2D eigenvalue weighted by atomic mass is 9.98. The molecule has 0 radical (unpaired) electrons. The molecular formula is C13H16N4O2. The lowest BCUT2D eigenvalue weighted by Gasteiger charge is -2.23. The van der Waals surface area contributed by atoms with Crippen molar-refractivity contribution >= 4 is 5.91 Å². The molecule has 0 bridgehead atoms. The van der Waals surface area contributed by atoms with Crippen molar-refractivity contribution in [2.75, 3.05) is 6.54 Å². The quantitative estimate of drug-likeness (QED) is 0.899. The van der Waals surface area contributed by atoms with Crippen molar-refractivity contribution in [1.29, 1.82) is 0 Å². The molecule has 1 atom stereocenters. The number of hydrogen-bond donors (Lipinski definition) is 1. The molecule has 1 amide bonds. The summed E-state index contributed by atoms with van der Waals surface area (Å²) in [6.45, 7) is 3.39. The van der Waals surface area contributed by atoms with Gasteiger partial charge in [-0.25, -0.2) is 4.98 Å². The second-order valence-corrected chi connectivity index (χ2v) is 4.93. The van der Waals surface area contributed by atoms with Crippen LogP contribution >= 0.6 is 0 Å². The van der Waals surface area contributed by atoms with E-state index in [2.05, 4.69) is 20.0 Å². The summed E-state index contributed by atoms with van der Waals surface area (Å²) in [7, 11) is 0. The van der Waals surface area contributed by atoms with Crippen LogP contribution in [0.3, 0.4) is 0 Å². The highest BCUT2D eigenvalue weighted by molar-refractivity contribution is 5.92. The van der Waals surface area contributed by atoms with Gasteiger partial charge in [-0.2, -0.15) is 0 Å². The Kier molecular flexibility index (Phi) is 3.06. The van der Waals surface area contributed by atoms with E-state index in [0.29, 0.717) is 23.9 Å². The molecule has 1 aliphatic heterocycles.